The van der Waals surface area contributed by atoms with Crippen molar-refractivity contribution in [2.45, 2.75) is 26.2 Å². The highest BCUT2D eigenvalue weighted by Crippen LogP contribution is 2.19. The van der Waals surface area contributed by atoms with E-state index in [-0.39, 0.29) is 43.1 Å². The predicted octanol–water partition coefficient (Wildman–Crippen LogP) is 1.10. The molecule has 2 rings (SSSR count). The Kier molecular flexibility index (Phi) is 7.22. The first-order chi connectivity index (χ1) is 12.5. The van der Waals surface area contributed by atoms with Gasteiger partial charge in [-0.05, 0) is 31.9 Å². The van der Waals surface area contributed by atoms with E-state index in [1.54, 1.807) is 4.90 Å². The fraction of sp³-hybridized carbons (Fsp3) is 0.450. The van der Waals surface area contributed by atoms with Gasteiger partial charge in [-0.2, -0.15) is 0 Å². The van der Waals surface area contributed by atoms with Crippen LogP contribution in [0.15, 0.2) is 24.3 Å². The summed E-state index contributed by atoms with van der Waals surface area (Å²) in [5, 5.41) is 5.33. The van der Waals surface area contributed by atoms with Gasteiger partial charge in [-0.25, -0.2) is 0 Å². The zero-order valence-corrected chi connectivity index (χ0v) is 15.1. The molecule has 0 spiro atoms. The standard InChI is InChI=1S/C20H25N3O3/c1-3-11-21-18(24)10-12-22-19(25)17-5-4-13-23(14-17)20(26)16-8-6-15(2)7-9-16/h1,6-9,17H,4-5,10-14H2,2H3,(H,21,24)(H,22,25). The van der Waals surface area contributed by atoms with Crippen LogP contribution in [-0.4, -0.2) is 48.8 Å². The molecular weight excluding hydrogens is 330 g/mol. The van der Waals surface area contributed by atoms with Crippen molar-refractivity contribution in [1.29, 1.82) is 0 Å². The molecule has 6 heteroatoms. The smallest absolute Gasteiger partial charge is 0.253 e. The molecule has 1 heterocycles. The molecule has 0 radical (unpaired) electrons. The first-order valence-corrected chi connectivity index (χ1v) is 8.85. The van der Waals surface area contributed by atoms with Crippen molar-refractivity contribution in [3.8, 4) is 12.3 Å². The van der Waals surface area contributed by atoms with Crippen LogP contribution in [0, 0.1) is 25.2 Å². The number of hydrogen-bond acceptors (Lipinski definition) is 3. The Balaban J connectivity index is 1.82. The lowest BCUT2D eigenvalue weighted by atomic mass is 9.96. The number of likely N-dealkylation sites (tertiary alicyclic amines) is 1. The SMILES string of the molecule is C#CCNC(=O)CCNC(=O)C1CCCN(C(=O)c2ccc(C)cc2)C1. The molecule has 0 bridgehead atoms. The Morgan fingerprint density at radius 3 is 2.65 bits per heavy atom. The highest BCUT2D eigenvalue weighted by Gasteiger charge is 2.28. The van der Waals surface area contributed by atoms with E-state index in [2.05, 4.69) is 16.6 Å². The van der Waals surface area contributed by atoms with Crippen molar-refractivity contribution in [2.75, 3.05) is 26.2 Å². The molecule has 26 heavy (non-hydrogen) atoms. The minimum Gasteiger partial charge on any atom is -0.355 e. The predicted molar refractivity (Wildman–Crippen MR) is 99.3 cm³/mol. The topological polar surface area (TPSA) is 78.5 Å². The van der Waals surface area contributed by atoms with Crippen molar-refractivity contribution in [1.82, 2.24) is 15.5 Å². The maximum absolute atomic E-state index is 12.6. The van der Waals surface area contributed by atoms with Crippen molar-refractivity contribution >= 4 is 17.7 Å². The zero-order chi connectivity index (χ0) is 18.9. The van der Waals surface area contributed by atoms with Crippen LogP contribution in [0.25, 0.3) is 0 Å². The lowest BCUT2D eigenvalue weighted by Gasteiger charge is -2.32. The summed E-state index contributed by atoms with van der Waals surface area (Å²) in [6, 6.07) is 7.45. The van der Waals surface area contributed by atoms with Gasteiger partial charge in [-0.15, -0.1) is 6.42 Å². The average Bonchev–Trinajstić information content (AvgIpc) is 2.66. The highest BCUT2D eigenvalue weighted by atomic mass is 16.2. The van der Waals surface area contributed by atoms with E-state index in [1.807, 2.05) is 31.2 Å². The number of piperidine rings is 1. The third-order valence-corrected chi connectivity index (χ3v) is 4.42. The van der Waals surface area contributed by atoms with Gasteiger partial charge in [-0.3, -0.25) is 14.4 Å². The zero-order valence-electron chi connectivity index (χ0n) is 15.1. The molecule has 1 aliphatic heterocycles. The molecule has 1 aromatic rings. The molecule has 6 nitrogen and oxygen atoms in total. The third kappa shape index (κ3) is 5.62. The van der Waals surface area contributed by atoms with Crippen molar-refractivity contribution in [2.24, 2.45) is 5.92 Å². The maximum atomic E-state index is 12.6. The Labute approximate surface area is 154 Å². The molecule has 1 atom stereocenters. The normalized spacial score (nSPS) is 16.5. The fourth-order valence-corrected chi connectivity index (χ4v) is 2.94. The quantitative estimate of drug-likeness (QED) is 0.750. The van der Waals surface area contributed by atoms with E-state index in [4.69, 9.17) is 6.42 Å². The Bertz CT molecular complexity index is 691. The van der Waals surface area contributed by atoms with Gasteiger partial charge in [0.1, 0.15) is 0 Å². The molecule has 1 saturated heterocycles. The molecule has 0 aliphatic carbocycles. The summed E-state index contributed by atoms with van der Waals surface area (Å²) in [5.74, 6) is 1.73. The molecule has 1 fully saturated rings. The van der Waals surface area contributed by atoms with Gasteiger partial charge in [0.2, 0.25) is 11.8 Å². The van der Waals surface area contributed by atoms with E-state index in [1.165, 1.54) is 0 Å². The number of aryl methyl sites for hydroxylation is 1. The minimum atomic E-state index is -0.244. The summed E-state index contributed by atoms with van der Waals surface area (Å²) in [6.07, 6.45) is 6.79. The number of hydrogen-bond donors (Lipinski definition) is 2. The summed E-state index contributed by atoms with van der Waals surface area (Å²) in [7, 11) is 0. The number of carbonyl (C=O) groups is 3. The molecule has 2 N–H and O–H groups in total. The lowest BCUT2D eigenvalue weighted by molar-refractivity contribution is -0.126. The number of carbonyl (C=O) groups excluding carboxylic acids is 3. The van der Waals surface area contributed by atoms with Crippen LogP contribution >= 0.6 is 0 Å². The second kappa shape index (κ2) is 9.62. The maximum Gasteiger partial charge on any atom is 0.253 e. The fourth-order valence-electron chi connectivity index (χ4n) is 2.94. The molecule has 138 valence electrons. The van der Waals surface area contributed by atoms with E-state index < -0.39 is 0 Å². The lowest BCUT2D eigenvalue weighted by Crippen LogP contribution is -2.46. The van der Waals surface area contributed by atoms with Gasteiger partial charge in [0.25, 0.3) is 5.91 Å². The van der Waals surface area contributed by atoms with Crippen LogP contribution in [0.2, 0.25) is 0 Å². The monoisotopic (exact) mass is 355 g/mol. The van der Waals surface area contributed by atoms with Crippen LogP contribution in [0.1, 0.15) is 35.2 Å². The largest absolute Gasteiger partial charge is 0.355 e. The second-order valence-corrected chi connectivity index (χ2v) is 6.48. The Morgan fingerprint density at radius 2 is 1.96 bits per heavy atom. The summed E-state index contributed by atoms with van der Waals surface area (Å²) in [6.45, 7) is 3.48. The number of amides is 3. The van der Waals surface area contributed by atoms with Crippen molar-refractivity contribution in [3.05, 3.63) is 35.4 Å². The van der Waals surface area contributed by atoms with Crippen LogP contribution < -0.4 is 10.6 Å². The molecule has 3 amide bonds. The van der Waals surface area contributed by atoms with Gasteiger partial charge >= 0.3 is 0 Å². The number of rotatable bonds is 6. The Hall–Kier alpha value is -2.81. The summed E-state index contributed by atoms with van der Waals surface area (Å²) < 4.78 is 0. The van der Waals surface area contributed by atoms with Gasteiger partial charge < -0.3 is 15.5 Å². The minimum absolute atomic E-state index is 0.0452. The van der Waals surface area contributed by atoms with Gasteiger partial charge in [0, 0.05) is 31.6 Å². The molecular formula is C20H25N3O3. The summed E-state index contributed by atoms with van der Waals surface area (Å²) in [4.78, 5) is 38.1. The summed E-state index contributed by atoms with van der Waals surface area (Å²) >= 11 is 0. The molecule has 1 unspecified atom stereocenters. The third-order valence-electron chi connectivity index (χ3n) is 4.42. The van der Waals surface area contributed by atoms with E-state index in [0.29, 0.717) is 18.7 Å². The molecule has 1 aliphatic rings. The van der Waals surface area contributed by atoms with Crippen LogP contribution in [0.4, 0.5) is 0 Å². The van der Waals surface area contributed by atoms with Crippen molar-refractivity contribution in [3.63, 3.8) is 0 Å². The number of nitrogens with zero attached hydrogens (tertiary/aromatic N) is 1. The van der Waals surface area contributed by atoms with Gasteiger partial charge in [0.15, 0.2) is 0 Å². The van der Waals surface area contributed by atoms with Crippen LogP contribution in [0.5, 0.6) is 0 Å². The van der Waals surface area contributed by atoms with E-state index in [0.717, 1.165) is 18.4 Å². The second-order valence-electron chi connectivity index (χ2n) is 6.48. The Morgan fingerprint density at radius 1 is 1.23 bits per heavy atom. The van der Waals surface area contributed by atoms with E-state index in [9.17, 15) is 14.4 Å². The number of terminal acetylenes is 1. The molecule has 0 saturated carbocycles. The van der Waals surface area contributed by atoms with E-state index >= 15 is 0 Å². The average molecular weight is 355 g/mol. The van der Waals surface area contributed by atoms with Gasteiger partial charge in [0.05, 0.1) is 12.5 Å². The molecule has 1 aromatic carbocycles. The summed E-state index contributed by atoms with van der Waals surface area (Å²) in [5.41, 5.74) is 1.74. The highest BCUT2D eigenvalue weighted by molar-refractivity contribution is 5.94. The number of nitrogens with one attached hydrogen (secondary N) is 2. The molecule has 0 aromatic heterocycles. The first kappa shape index (κ1) is 19.5. The van der Waals surface area contributed by atoms with Crippen LogP contribution in [-0.2, 0) is 9.59 Å². The number of benzene rings is 1. The first-order valence-electron chi connectivity index (χ1n) is 8.85. The van der Waals surface area contributed by atoms with Crippen LogP contribution in [0.3, 0.4) is 0 Å². The van der Waals surface area contributed by atoms with Crippen molar-refractivity contribution < 1.29 is 14.4 Å². The van der Waals surface area contributed by atoms with Gasteiger partial charge in [-0.1, -0.05) is 23.6 Å².